The predicted molar refractivity (Wildman–Crippen MR) is 504 cm³/mol. The number of nitrogens with zero attached hydrogens (tertiary/aromatic N) is 5. The molecule has 5 heterocycles. The second-order valence-electron chi connectivity index (χ2n) is 33.7. The summed E-state index contributed by atoms with van der Waals surface area (Å²) < 4.78 is 23.2. The average molecular weight is 1700 g/mol. The number of anilines is 2. The number of hydrogen-bond acceptors (Lipinski definition) is 13. The number of H-pyrrole nitrogens is 1. The molecule has 2 unspecified atom stereocenters. The molecule has 123 heavy (non-hydrogen) atoms. The number of aromatic nitrogens is 3. The average Bonchev–Trinajstić information content (AvgIpc) is 1.58. The number of hydrazine groups is 1. The summed E-state index contributed by atoms with van der Waals surface area (Å²) in [6.45, 7) is 32.4. The lowest BCUT2D eigenvalue weighted by Gasteiger charge is -2.40. The number of ether oxygens (including phenoxy) is 3. The van der Waals surface area contributed by atoms with Crippen molar-refractivity contribution in [1.82, 2.24) is 15.0 Å². The number of nitrogens with two attached hydrogens (primary N) is 1. The summed E-state index contributed by atoms with van der Waals surface area (Å²) in [5.41, 5.74) is 20.9. The third-order valence-electron chi connectivity index (χ3n) is 22.3. The van der Waals surface area contributed by atoms with Crippen LogP contribution >= 0.6 is 22.9 Å². The first-order chi connectivity index (χ1) is 59.2. The van der Waals surface area contributed by atoms with Crippen LogP contribution in [0.2, 0.25) is 5.02 Å². The number of oxime groups is 1. The van der Waals surface area contributed by atoms with Crippen LogP contribution in [0.4, 0.5) is 11.4 Å². The largest absolute Gasteiger partial charge is 0.490 e. The maximum Gasteiger partial charge on any atom is 0.306 e. The highest BCUT2D eigenvalue weighted by atomic mass is 35.5. The van der Waals surface area contributed by atoms with Gasteiger partial charge in [-0.1, -0.05) is 314 Å². The number of esters is 1. The Hall–Kier alpha value is -11.2. The molecule has 15 rings (SSSR count). The number of unbranched alkanes of at least 4 members (excludes halogenated alkanes) is 1. The molecule has 18 heteroatoms. The fourth-order valence-corrected chi connectivity index (χ4v) is 17.0. The summed E-state index contributed by atoms with van der Waals surface area (Å²) in [7, 11) is 0. The molecule has 0 radical (unpaired) electrons. The van der Waals surface area contributed by atoms with Gasteiger partial charge in [0.15, 0.2) is 17.1 Å². The second-order valence-corrected chi connectivity index (χ2v) is 35.2. The van der Waals surface area contributed by atoms with Crippen molar-refractivity contribution < 1.29 is 43.0 Å². The van der Waals surface area contributed by atoms with Crippen LogP contribution in [0.25, 0.3) is 55.3 Å². The number of para-hydroxylation sites is 4. The third kappa shape index (κ3) is 24.2. The molecule has 12 aromatic rings. The molecule has 1 saturated heterocycles. The van der Waals surface area contributed by atoms with Gasteiger partial charge in [-0.25, -0.2) is 20.0 Å². The van der Waals surface area contributed by atoms with Crippen molar-refractivity contribution in [2.75, 3.05) is 23.2 Å². The van der Waals surface area contributed by atoms with Crippen LogP contribution in [0.5, 0.6) is 5.75 Å². The zero-order valence-electron chi connectivity index (χ0n) is 74.3. The van der Waals surface area contributed by atoms with Crippen LogP contribution in [0.1, 0.15) is 228 Å². The lowest BCUT2D eigenvalue weighted by molar-refractivity contribution is -0.152. The number of rotatable bonds is 24. The lowest BCUT2D eigenvalue weighted by atomic mass is 9.80. The van der Waals surface area contributed by atoms with Gasteiger partial charge in [-0.2, -0.15) is 0 Å². The molecular weight excluding hydrogens is 1570 g/mol. The Morgan fingerprint density at radius 2 is 1.21 bits per heavy atom. The van der Waals surface area contributed by atoms with E-state index in [-0.39, 0.29) is 42.5 Å². The number of benzene rings is 9. The van der Waals surface area contributed by atoms with Gasteiger partial charge in [0.05, 0.1) is 46.7 Å². The van der Waals surface area contributed by atoms with E-state index in [0.29, 0.717) is 65.1 Å². The minimum Gasteiger partial charge on any atom is -0.490 e. The van der Waals surface area contributed by atoms with Crippen molar-refractivity contribution in [3.8, 4) is 50.2 Å². The Bertz CT molecular complexity index is 5240. The summed E-state index contributed by atoms with van der Waals surface area (Å²) >= 11 is 7.76. The van der Waals surface area contributed by atoms with Crippen LogP contribution in [-0.2, 0) is 48.7 Å². The number of primary amides is 1. The van der Waals surface area contributed by atoms with Crippen molar-refractivity contribution >= 4 is 74.6 Å². The first-order valence-corrected chi connectivity index (χ1v) is 44.9. The van der Waals surface area contributed by atoms with E-state index in [1.807, 2.05) is 156 Å². The van der Waals surface area contributed by atoms with Gasteiger partial charge in [0.1, 0.15) is 28.7 Å². The molecule has 3 aromatic heterocycles. The molecule has 16 nitrogen and oxygen atoms in total. The predicted octanol–water partition coefficient (Wildman–Crippen LogP) is 26.6. The quantitative estimate of drug-likeness (QED) is 0.0224. The van der Waals surface area contributed by atoms with Crippen LogP contribution in [0.3, 0.4) is 0 Å². The first kappa shape index (κ1) is 94.0. The van der Waals surface area contributed by atoms with E-state index in [4.69, 9.17) is 51.1 Å². The Balaban J connectivity index is 0.000000157. The molecule has 2 aliphatic heterocycles. The van der Waals surface area contributed by atoms with Gasteiger partial charge in [-0.3, -0.25) is 19.2 Å². The number of carbonyl (C=O) groups excluding carboxylic acids is 4. The molecule has 1 aliphatic carbocycles. The number of halogens is 1. The molecule has 2 atom stereocenters. The number of hydrogen-bond donors (Lipinski definition) is 3. The highest BCUT2D eigenvalue weighted by Crippen LogP contribution is 2.47. The SMILES string of the molecule is CC(C)Cc1nc(-c2ccccc2)c(-c2ccccc2)o1.CC(C)Oc1ccccc1C(N)=O.CC(C)c1ccc(C2CCC/C(=N/O)C2)cc1.CC(C)c1sc(-c2ccccc2)nc1-c1ccc(Cl)cc1.CCCCC1(COC(=O)CC(C)C)C(=O)N(c2ccccc2)N(c2ccccc2)C1=O.CCc1cccc2c3c([nH]c12)C(CC)(C(C)C)OCC3. The highest BCUT2D eigenvalue weighted by Gasteiger charge is 2.60. The molecular formula is C105H124ClN7O9S. The summed E-state index contributed by atoms with van der Waals surface area (Å²) in [6.07, 6.45) is 10.3. The molecule has 3 aliphatic rings. The molecule has 3 amide bonds. The van der Waals surface area contributed by atoms with Crippen molar-refractivity contribution in [3.05, 3.63) is 292 Å². The number of amides is 3. The molecule has 2 fully saturated rings. The topological polar surface area (TPSA) is 216 Å². The number of aromatic amines is 1. The number of oxazole rings is 1. The highest BCUT2D eigenvalue weighted by molar-refractivity contribution is 7.15. The van der Waals surface area contributed by atoms with E-state index in [0.717, 1.165) is 113 Å². The van der Waals surface area contributed by atoms with Gasteiger partial charge < -0.3 is 34.6 Å². The van der Waals surface area contributed by atoms with E-state index >= 15 is 0 Å². The maximum atomic E-state index is 13.8. The molecule has 0 bridgehead atoms. The molecule has 1 saturated carbocycles. The molecule has 646 valence electrons. The number of nitrogens with one attached hydrogen (secondary N) is 1. The number of thiazole rings is 1. The van der Waals surface area contributed by atoms with E-state index < -0.39 is 17.3 Å². The van der Waals surface area contributed by atoms with Gasteiger partial charge in [0, 0.05) is 55.9 Å². The fraction of sp³-hybridized carbons (Fsp3) is 0.362. The van der Waals surface area contributed by atoms with Crippen molar-refractivity contribution in [3.63, 3.8) is 0 Å². The number of carbonyl (C=O) groups is 4. The monoisotopic (exact) mass is 1690 g/mol. The fourth-order valence-electron chi connectivity index (χ4n) is 15.8. The minimum absolute atomic E-state index is 0.0421. The van der Waals surface area contributed by atoms with E-state index in [9.17, 15) is 19.2 Å². The van der Waals surface area contributed by atoms with E-state index in [2.05, 4.69) is 158 Å². The van der Waals surface area contributed by atoms with Gasteiger partial charge in [0.25, 0.3) is 17.7 Å². The van der Waals surface area contributed by atoms with Crippen LogP contribution in [-0.4, -0.2) is 68.9 Å². The molecule has 0 spiro atoms. The van der Waals surface area contributed by atoms with Crippen molar-refractivity contribution in [1.29, 1.82) is 0 Å². The summed E-state index contributed by atoms with van der Waals surface area (Å²) in [6, 6.07) is 79.4. The third-order valence-corrected chi connectivity index (χ3v) is 24.0. The zero-order chi connectivity index (χ0) is 88.3. The first-order valence-electron chi connectivity index (χ1n) is 43.7. The second kappa shape index (κ2) is 45.2. The maximum absolute atomic E-state index is 13.8. The van der Waals surface area contributed by atoms with Crippen LogP contribution in [0.15, 0.2) is 252 Å². The van der Waals surface area contributed by atoms with Crippen LogP contribution in [0, 0.1) is 23.2 Å². The smallest absolute Gasteiger partial charge is 0.306 e. The van der Waals surface area contributed by atoms with Crippen LogP contribution < -0.4 is 20.5 Å². The normalized spacial score (nSPS) is 15.6. The van der Waals surface area contributed by atoms with E-state index in [1.165, 1.54) is 65.7 Å². The van der Waals surface area contributed by atoms with Gasteiger partial charge >= 0.3 is 5.97 Å². The zero-order valence-corrected chi connectivity index (χ0v) is 75.9. The van der Waals surface area contributed by atoms with Gasteiger partial charge in [0.2, 0.25) is 0 Å². The number of aryl methyl sites for hydroxylation is 1. The summed E-state index contributed by atoms with van der Waals surface area (Å²) in [4.78, 5) is 65.5. The minimum atomic E-state index is -1.44. The lowest BCUT2D eigenvalue weighted by Crippen LogP contribution is -2.42. The Morgan fingerprint density at radius 3 is 1.74 bits per heavy atom. The van der Waals surface area contributed by atoms with Crippen molar-refractivity contribution in [2.24, 2.45) is 34.1 Å². The Labute approximate surface area is 737 Å². The van der Waals surface area contributed by atoms with Gasteiger partial charge in [-0.15, -0.1) is 11.3 Å². The van der Waals surface area contributed by atoms with E-state index in [1.54, 1.807) is 53.8 Å². The summed E-state index contributed by atoms with van der Waals surface area (Å²) in [5.74, 6) is 3.34. The Morgan fingerprint density at radius 1 is 0.642 bits per heavy atom. The summed E-state index contributed by atoms with van der Waals surface area (Å²) in [5, 5.41) is 18.3. The molecule has 4 N–H and O–H groups in total. The van der Waals surface area contributed by atoms with Crippen molar-refractivity contribution in [2.45, 2.75) is 210 Å². The standard InChI is InChI=1S/C25H30N2O4.C19H19NO.C18H16ClNS.C18H25NO.C15H21NO.C10H13NO2/c1-4-5-16-25(18-31-22(28)17-19(2)3)23(29)26(20-12-8-6-9-13-20)27(24(25)30)21-14-10-7-11-15-21;1-14(2)13-17-20-18(15-9-5-3-6-10-15)19(21-17)16-11-7-4-8-12-16;1-12(2)17-16(13-8-10-15(19)11-9-13)20-18(21-17)14-6-4-3-5-7-14;1-5-13-8-7-9-14-15-10-11-20-18(6-2,12(3)4)17(15)19-16(13)14;1-11(2)12-6-8-13(9-7-12)14-4-3-5-15(10-14)16-17;1-7(2)13-9-6-4-3-5-8(9)10(11)12/h6-15,19H,4-5,16-18H2,1-3H3;3-12,14H,13H2,1-2H3;3-12H,1-2H3;7-9,12,19H,5-6,10-11H2,1-4H3;6-9,11,14,17H,3-5,10H2,1-2H3;3-7H,1-2H3,(H2,11,12)/b;;;;16-15-;. The number of fused-ring (bicyclic) bond motifs is 3. The Kier molecular flexibility index (Phi) is 34.6. The van der Waals surface area contributed by atoms with Gasteiger partial charge in [-0.05, 0) is 172 Å². The molecule has 9 aromatic carbocycles.